The van der Waals surface area contributed by atoms with E-state index in [1.165, 1.54) is 6.07 Å². The zero-order valence-corrected chi connectivity index (χ0v) is 14.6. The molecule has 0 radical (unpaired) electrons. The zero-order chi connectivity index (χ0) is 17.5. The summed E-state index contributed by atoms with van der Waals surface area (Å²) < 4.78 is 24.2. The summed E-state index contributed by atoms with van der Waals surface area (Å²) in [6.07, 6.45) is 2.99. The van der Waals surface area contributed by atoms with Crippen molar-refractivity contribution in [3.05, 3.63) is 23.6 Å². The third-order valence-corrected chi connectivity index (χ3v) is 2.94. The highest BCUT2D eigenvalue weighted by Crippen LogP contribution is 2.20. The molecule has 0 saturated heterocycles. The molecular formula is C17H27FN2O3. The van der Waals surface area contributed by atoms with Crippen molar-refractivity contribution in [2.75, 3.05) is 6.54 Å². The van der Waals surface area contributed by atoms with Gasteiger partial charge in [-0.2, -0.15) is 0 Å². The highest BCUT2D eigenvalue weighted by atomic mass is 19.1. The second-order valence-corrected chi connectivity index (χ2v) is 6.53. The first-order valence-electron chi connectivity index (χ1n) is 7.99. The van der Waals surface area contributed by atoms with Gasteiger partial charge in [0.2, 0.25) is 5.88 Å². The van der Waals surface area contributed by atoms with Gasteiger partial charge in [-0.05, 0) is 46.6 Å². The highest BCUT2D eigenvalue weighted by molar-refractivity contribution is 5.67. The van der Waals surface area contributed by atoms with E-state index in [9.17, 15) is 9.18 Å². The highest BCUT2D eigenvalue weighted by Gasteiger charge is 2.17. The summed E-state index contributed by atoms with van der Waals surface area (Å²) in [5, 5.41) is 2.65. The summed E-state index contributed by atoms with van der Waals surface area (Å²) in [5.74, 6) is 0.0429. The molecular weight excluding hydrogens is 299 g/mol. The van der Waals surface area contributed by atoms with Gasteiger partial charge in [0.25, 0.3) is 0 Å². The Hall–Kier alpha value is -1.85. The van der Waals surface area contributed by atoms with Crippen molar-refractivity contribution in [3.63, 3.8) is 0 Å². The maximum absolute atomic E-state index is 13.3. The number of amides is 1. The molecule has 0 bridgehead atoms. The molecule has 0 fully saturated rings. The Morgan fingerprint density at radius 1 is 1.43 bits per heavy atom. The molecule has 0 aromatic carbocycles. The van der Waals surface area contributed by atoms with Crippen molar-refractivity contribution < 1.29 is 18.7 Å². The predicted octanol–water partition coefficient (Wildman–Crippen LogP) is 3.86. The van der Waals surface area contributed by atoms with Crippen LogP contribution in [0.4, 0.5) is 9.18 Å². The minimum Gasteiger partial charge on any atom is -0.473 e. The van der Waals surface area contributed by atoms with Gasteiger partial charge in [0.15, 0.2) is 0 Å². The number of aromatic nitrogens is 1. The number of halogens is 1. The van der Waals surface area contributed by atoms with Crippen molar-refractivity contribution in [1.29, 1.82) is 0 Å². The summed E-state index contributed by atoms with van der Waals surface area (Å²) in [4.78, 5) is 15.6. The Labute approximate surface area is 137 Å². The van der Waals surface area contributed by atoms with Crippen molar-refractivity contribution in [2.45, 2.75) is 65.6 Å². The van der Waals surface area contributed by atoms with E-state index in [0.717, 1.165) is 24.6 Å². The minimum atomic E-state index is -0.542. The number of aryl methyl sites for hydroxylation is 1. The topological polar surface area (TPSA) is 60.5 Å². The van der Waals surface area contributed by atoms with Gasteiger partial charge in [-0.25, -0.2) is 14.2 Å². The number of hydrogen-bond donors (Lipinski definition) is 1. The van der Waals surface area contributed by atoms with Gasteiger partial charge in [-0.1, -0.05) is 13.3 Å². The molecule has 1 rings (SSSR count). The summed E-state index contributed by atoms with van der Waals surface area (Å²) >= 11 is 0. The lowest BCUT2D eigenvalue weighted by atomic mass is 10.1. The molecule has 6 heteroatoms. The van der Waals surface area contributed by atoms with Crippen molar-refractivity contribution in [2.24, 2.45) is 0 Å². The maximum atomic E-state index is 13.3. The lowest BCUT2D eigenvalue weighted by Gasteiger charge is -2.21. The summed E-state index contributed by atoms with van der Waals surface area (Å²) in [5.41, 5.74) is 0.205. The normalized spacial score (nSPS) is 12.6. The maximum Gasteiger partial charge on any atom is 0.407 e. The van der Waals surface area contributed by atoms with Crippen LogP contribution < -0.4 is 10.1 Å². The van der Waals surface area contributed by atoms with Crippen molar-refractivity contribution in [1.82, 2.24) is 10.3 Å². The third kappa shape index (κ3) is 7.81. The monoisotopic (exact) mass is 326 g/mol. The number of nitrogens with zero attached hydrogens (tertiary/aromatic N) is 1. The van der Waals surface area contributed by atoms with Crippen LogP contribution in [-0.2, 0) is 11.2 Å². The molecule has 0 aliphatic heterocycles. The molecule has 0 saturated carbocycles. The van der Waals surface area contributed by atoms with Gasteiger partial charge in [0.05, 0.1) is 12.7 Å². The number of unbranched alkanes of at least 4 members (excludes halogenated alkanes) is 1. The standard InChI is InChI=1S/C17H27FN2O3/c1-6-7-8-13-9-14(18)11-19-15(13)22-12(2)10-20-16(21)23-17(3,4)5/h9,11-12H,6-8,10H2,1-5H3,(H,20,21)/t12-/m0/s1. The zero-order valence-electron chi connectivity index (χ0n) is 14.6. The van der Waals surface area contributed by atoms with Gasteiger partial charge < -0.3 is 14.8 Å². The number of hydrogen-bond acceptors (Lipinski definition) is 4. The molecule has 1 heterocycles. The number of ether oxygens (including phenoxy) is 2. The van der Waals surface area contributed by atoms with E-state index >= 15 is 0 Å². The fourth-order valence-corrected chi connectivity index (χ4v) is 1.89. The predicted molar refractivity (Wildman–Crippen MR) is 87.1 cm³/mol. The first-order valence-corrected chi connectivity index (χ1v) is 7.99. The summed E-state index contributed by atoms with van der Waals surface area (Å²) in [7, 11) is 0. The summed E-state index contributed by atoms with van der Waals surface area (Å²) in [6.45, 7) is 9.56. The molecule has 1 aromatic heterocycles. The van der Waals surface area contributed by atoms with E-state index in [4.69, 9.17) is 9.47 Å². The van der Waals surface area contributed by atoms with E-state index in [2.05, 4.69) is 17.2 Å². The molecule has 0 aliphatic rings. The Kier molecular flexibility index (Phi) is 7.26. The number of nitrogens with one attached hydrogen (secondary N) is 1. The van der Waals surface area contributed by atoms with Gasteiger partial charge in [-0.15, -0.1) is 0 Å². The van der Waals surface area contributed by atoms with Gasteiger partial charge in [0, 0.05) is 5.56 Å². The number of carbonyl (C=O) groups is 1. The molecule has 0 unspecified atom stereocenters. The Morgan fingerprint density at radius 3 is 2.74 bits per heavy atom. The fourth-order valence-electron chi connectivity index (χ4n) is 1.89. The number of rotatable bonds is 7. The van der Waals surface area contributed by atoms with E-state index in [0.29, 0.717) is 12.3 Å². The average Bonchev–Trinajstić information content (AvgIpc) is 2.43. The van der Waals surface area contributed by atoms with Gasteiger partial charge in [-0.3, -0.25) is 0 Å². The minimum absolute atomic E-state index is 0.279. The second kappa shape index (κ2) is 8.70. The van der Waals surface area contributed by atoms with Crippen LogP contribution >= 0.6 is 0 Å². The van der Waals surface area contributed by atoms with Crippen molar-refractivity contribution >= 4 is 6.09 Å². The van der Waals surface area contributed by atoms with Crippen LogP contribution in [0.5, 0.6) is 5.88 Å². The summed E-state index contributed by atoms with van der Waals surface area (Å²) in [6, 6.07) is 1.45. The SMILES string of the molecule is CCCCc1cc(F)cnc1O[C@@H](C)CNC(=O)OC(C)(C)C. The first-order chi connectivity index (χ1) is 10.7. The largest absolute Gasteiger partial charge is 0.473 e. The number of alkyl carbamates (subject to hydrolysis) is 1. The average molecular weight is 326 g/mol. The molecule has 130 valence electrons. The van der Waals surface area contributed by atoms with E-state index in [-0.39, 0.29) is 18.5 Å². The Balaban J connectivity index is 2.56. The molecule has 1 atom stereocenters. The van der Waals surface area contributed by atoms with E-state index in [1.807, 2.05) is 6.92 Å². The fraction of sp³-hybridized carbons (Fsp3) is 0.647. The smallest absolute Gasteiger partial charge is 0.407 e. The second-order valence-electron chi connectivity index (χ2n) is 6.53. The van der Waals surface area contributed by atoms with Crippen LogP contribution in [0.3, 0.4) is 0 Å². The van der Waals surface area contributed by atoms with Crippen LogP contribution in [0.1, 0.15) is 53.0 Å². The lowest BCUT2D eigenvalue weighted by Crippen LogP contribution is -2.37. The van der Waals surface area contributed by atoms with E-state index < -0.39 is 11.7 Å². The van der Waals surface area contributed by atoms with Gasteiger partial charge in [0.1, 0.15) is 17.5 Å². The number of carbonyl (C=O) groups excluding carboxylic acids is 1. The number of pyridine rings is 1. The van der Waals surface area contributed by atoms with Crippen LogP contribution in [-0.4, -0.2) is 29.3 Å². The molecule has 0 spiro atoms. The first kappa shape index (κ1) is 19.2. The van der Waals surface area contributed by atoms with Crippen molar-refractivity contribution in [3.8, 4) is 5.88 Å². The van der Waals surface area contributed by atoms with E-state index in [1.54, 1.807) is 20.8 Å². The lowest BCUT2D eigenvalue weighted by molar-refractivity contribution is 0.0503. The molecule has 1 N–H and O–H groups in total. The Morgan fingerprint density at radius 2 is 2.13 bits per heavy atom. The van der Waals surface area contributed by atoms with Crippen LogP contribution in [0.15, 0.2) is 12.3 Å². The molecule has 5 nitrogen and oxygen atoms in total. The quantitative estimate of drug-likeness (QED) is 0.826. The molecule has 23 heavy (non-hydrogen) atoms. The molecule has 1 amide bonds. The third-order valence-electron chi connectivity index (χ3n) is 2.94. The van der Waals surface area contributed by atoms with Crippen LogP contribution in [0.25, 0.3) is 0 Å². The molecule has 1 aromatic rings. The molecule has 0 aliphatic carbocycles. The Bertz CT molecular complexity index is 515. The van der Waals surface area contributed by atoms with Crippen LogP contribution in [0, 0.1) is 5.82 Å². The van der Waals surface area contributed by atoms with Crippen LogP contribution in [0.2, 0.25) is 0 Å². The van der Waals surface area contributed by atoms with Gasteiger partial charge >= 0.3 is 6.09 Å².